The Hall–Kier alpha value is -2.73. The first kappa shape index (κ1) is 17.6. The molecular formula is C18H20O6. The van der Waals surface area contributed by atoms with Gasteiger partial charge in [0.2, 0.25) is 0 Å². The molecule has 0 aromatic heterocycles. The molecule has 0 aliphatic rings. The Bertz CT molecular complexity index is 725. The maximum absolute atomic E-state index is 12.8. The number of para-hydroxylation sites is 2. The summed E-state index contributed by atoms with van der Waals surface area (Å²) in [6.45, 7) is 0. The van der Waals surface area contributed by atoms with E-state index in [2.05, 4.69) is 0 Å². The molecule has 0 radical (unpaired) electrons. The van der Waals surface area contributed by atoms with Gasteiger partial charge in [-0.15, -0.1) is 0 Å². The van der Waals surface area contributed by atoms with Crippen LogP contribution in [0.15, 0.2) is 36.4 Å². The highest BCUT2D eigenvalue weighted by atomic mass is 16.5. The Balaban J connectivity index is 2.48. The number of aliphatic hydroxyl groups is 1. The number of aliphatic hydroxyl groups excluding tert-OH is 1. The summed E-state index contributed by atoms with van der Waals surface area (Å²) in [6, 6.07) is 9.87. The van der Waals surface area contributed by atoms with Crippen molar-refractivity contribution in [3.05, 3.63) is 47.5 Å². The van der Waals surface area contributed by atoms with Gasteiger partial charge in [-0.1, -0.05) is 18.2 Å². The van der Waals surface area contributed by atoms with Crippen LogP contribution in [0.3, 0.4) is 0 Å². The minimum atomic E-state index is -1.43. The van der Waals surface area contributed by atoms with E-state index in [0.717, 1.165) is 0 Å². The van der Waals surface area contributed by atoms with Gasteiger partial charge >= 0.3 is 0 Å². The smallest absolute Gasteiger partial charge is 0.199 e. The van der Waals surface area contributed by atoms with Gasteiger partial charge in [-0.05, 0) is 18.2 Å². The van der Waals surface area contributed by atoms with Crippen LogP contribution in [0.1, 0.15) is 22.0 Å². The van der Waals surface area contributed by atoms with Gasteiger partial charge in [0.15, 0.2) is 28.8 Å². The Morgan fingerprint density at radius 2 is 1.38 bits per heavy atom. The Labute approximate surface area is 140 Å². The van der Waals surface area contributed by atoms with E-state index in [9.17, 15) is 9.90 Å². The van der Waals surface area contributed by atoms with Crippen LogP contribution in [0.2, 0.25) is 0 Å². The van der Waals surface area contributed by atoms with Crippen molar-refractivity contribution in [3.63, 3.8) is 0 Å². The topological polar surface area (TPSA) is 74.2 Å². The molecule has 0 aliphatic heterocycles. The lowest BCUT2D eigenvalue weighted by Gasteiger charge is -2.18. The van der Waals surface area contributed by atoms with Crippen molar-refractivity contribution in [1.82, 2.24) is 0 Å². The van der Waals surface area contributed by atoms with Gasteiger partial charge in [-0.3, -0.25) is 4.79 Å². The van der Waals surface area contributed by atoms with E-state index >= 15 is 0 Å². The SMILES string of the molecule is COc1cccc(C(=O)C(O)c2cccc(OC)c2OC)c1OC. The molecule has 0 amide bonds. The number of carbonyl (C=O) groups is 1. The molecule has 2 aromatic rings. The summed E-state index contributed by atoms with van der Waals surface area (Å²) < 4.78 is 20.9. The molecule has 24 heavy (non-hydrogen) atoms. The highest BCUT2D eigenvalue weighted by Crippen LogP contribution is 2.38. The summed E-state index contributed by atoms with van der Waals surface area (Å²) >= 11 is 0. The normalized spacial score (nSPS) is 11.5. The third-order valence-electron chi connectivity index (χ3n) is 3.64. The second-order valence-electron chi connectivity index (χ2n) is 4.89. The van der Waals surface area contributed by atoms with Crippen LogP contribution in [0, 0.1) is 0 Å². The van der Waals surface area contributed by atoms with Crippen LogP contribution < -0.4 is 18.9 Å². The summed E-state index contributed by atoms with van der Waals surface area (Å²) in [5.41, 5.74) is 0.529. The highest BCUT2D eigenvalue weighted by molar-refractivity contribution is 6.03. The fraction of sp³-hybridized carbons (Fsp3) is 0.278. The van der Waals surface area contributed by atoms with E-state index in [4.69, 9.17) is 18.9 Å². The predicted molar refractivity (Wildman–Crippen MR) is 88.4 cm³/mol. The van der Waals surface area contributed by atoms with E-state index in [-0.39, 0.29) is 11.3 Å². The molecule has 6 heteroatoms. The lowest BCUT2D eigenvalue weighted by Crippen LogP contribution is -2.15. The average molecular weight is 332 g/mol. The van der Waals surface area contributed by atoms with E-state index in [1.165, 1.54) is 28.4 Å². The Kier molecular flexibility index (Phi) is 5.65. The monoisotopic (exact) mass is 332 g/mol. The number of ether oxygens (including phenoxy) is 4. The number of hydrogen-bond donors (Lipinski definition) is 1. The van der Waals surface area contributed by atoms with Crippen molar-refractivity contribution in [1.29, 1.82) is 0 Å². The molecule has 0 heterocycles. The van der Waals surface area contributed by atoms with Crippen LogP contribution in [0.5, 0.6) is 23.0 Å². The zero-order valence-corrected chi connectivity index (χ0v) is 14.0. The van der Waals surface area contributed by atoms with Crippen molar-refractivity contribution in [2.45, 2.75) is 6.10 Å². The molecule has 6 nitrogen and oxygen atoms in total. The quantitative estimate of drug-likeness (QED) is 0.786. The zero-order valence-electron chi connectivity index (χ0n) is 14.0. The standard InChI is InChI=1S/C18H20O6/c1-21-13-9-5-7-11(17(13)23-3)15(19)16(20)12-8-6-10-14(22-2)18(12)24-4/h5-10,15,19H,1-4H3. The maximum Gasteiger partial charge on any atom is 0.199 e. The number of benzene rings is 2. The summed E-state index contributed by atoms with van der Waals surface area (Å²) in [5.74, 6) is 0.888. The van der Waals surface area contributed by atoms with E-state index in [1.807, 2.05) is 0 Å². The average Bonchev–Trinajstić information content (AvgIpc) is 2.64. The largest absolute Gasteiger partial charge is 0.493 e. The molecule has 0 bridgehead atoms. The molecular weight excluding hydrogens is 312 g/mol. The molecule has 0 aliphatic carbocycles. The summed E-state index contributed by atoms with van der Waals surface area (Å²) in [7, 11) is 5.85. The van der Waals surface area contributed by atoms with Crippen LogP contribution in [-0.4, -0.2) is 39.3 Å². The Morgan fingerprint density at radius 3 is 1.92 bits per heavy atom. The molecule has 1 unspecified atom stereocenters. The van der Waals surface area contributed by atoms with Gasteiger partial charge in [0, 0.05) is 5.56 Å². The van der Waals surface area contributed by atoms with Gasteiger partial charge < -0.3 is 24.1 Å². The minimum absolute atomic E-state index is 0.217. The molecule has 2 rings (SSSR count). The lowest BCUT2D eigenvalue weighted by molar-refractivity contribution is 0.0737. The van der Waals surface area contributed by atoms with Crippen LogP contribution >= 0.6 is 0 Å². The molecule has 1 N–H and O–H groups in total. The molecule has 2 aromatic carbocycles. The van der Waals surface area contributed by atoms with Crippen molar-refractivity contribution in [2.24, 2.45) is 0 Å². The highest BCUT2D eigenvalue weighted by Gasteiger charge is 2.27. The number of carbonyl (C=O) groups excluding carboxylic acids is 1. The van der Waals surface area contributed by atoms with Gasteiger partial charge in [-0.2, -0.15) is 0 Å². The predicted octanol–water partition coefficient (Wildman–Crippen LogP) is 2.64. The Morgan fingerprint density at radius 1 is 0.833 bits per heavy atom. The van der Waals surface area contributed by atoms with Crippen LogP contribution in [0.25, 0.3) is 0 Å². The van der Waals surface area contributed by atoms with Crippen LogP contribution in [-0.2, 0) is 0 Å². The van der Waals surface area contributed by atoms with E-state index in [0.29, 0.717) is 22.8 Å². The molecule has 0 saturated carbocycles. The molecule has 0 spiro atoms. The summed E-state index contributed by atoms with van der Waals surface area (Å²) in [5, 5.41) is 10.6. The number of Topliss-reactive ketones (excluding diaryl/α,β-unsaturated/α-hetero) is 1. The fourth-order valence-electron chi connectivity index (χ4n) is 2.50. The fourth-order valence-corrected chi connectivity index (χ4v) is 2.50. The summed E-state index contributed by atoms with van der Waals surface area (Å²) in [6.07, 6.45) is -1.43. The van der Waals surface area contributed by atoms with Gasteiger partial charge in [0.25, 0.3) is 0 Å². The van der Waals surface area contributed by atoms with Crippen molar-refractivity contribution in [2.75, 3.05) is 28.4 Å². The summed E-state index contributed by atoms with van der Waals surface area (Å²) in [4.78, 5) is 12.8. The van der Waals surface area contributed by atoms with Gasteiger partial charge in [0.05, 0.1) is 34.0 Å². The first-order valence-corrected chi connectivity index (χ1v) is 7.23. The minimum Gasteiger partial charge on any atom is -0.493 e. The zero-order chi connectivity index (χ0) is 17.7. The second kappa shape index (κ2) is 7.70. The third kappa shape index (κ3) is 3.14. The molecule has 0 saturated heterocycles. The second-order valence-corrected chi connectivity index (χ2v) is 4.89. The molecule has 0 fully saturated rings. The van der Waals surface area contributed by atoms with E-state index < -0.39 is 11.9 Å². The molecule has 128 valence electrons. The number of rotatable bonds is 7. The van der Waals surface area contributed by atoms with Crippen LogP contribution in [0.4, 0.5) is 0 Å². The lowest BCUT2D eigenvalue weighted by atomic mass is 9.98. The van der Waals surface area contributed by atoms with Crippen molar-refractivity contribution in [3.8, 4) is 23.0 Å². The first-order valence-electron chi connectivity index (χ1n) is 7.23. The number of ketones is 1. The molecule has 1 atom stereocenters. The van der Waals surface area contributed by atoms with Gasteiger partial charge in [-0.25, -0.2) is 0 Å². The van der Waals surface area contributed by atoms with E-state index in [1.54, 1.807) is 36.4 Å². The first-order chi connectivity index (χ1) is 11.6. The van der Waals surface area contributed by atoms with Gasteiger partial charge in [0.1, 0.15) is 6.10 Å². The number of hydrogen-bond acceptors (Lipinski definition) is 6. The maximum atomic E-state index is 12.8. The number of methoxy groups -OCH3 is 4. The van der Waals surface area contributed by atoms with Crippen molar-refractivity contribution >= 4 is 5.78 Å². The third-order valence-corrected chi connectivity index (χ3v) is 3.64. The van der Waals surface area contributed by atoms with Crippen molar-refractivity contribution < 1.29 is 28.8 Å².